The Morgan fingerprint density at radius 1 is 1.37 bits per heavy atom. The van der Waals surface area contributed by atoms with Gasteiger partial charge < -0.3 is 10.2 Å². The number of carbonyl (C=O) groups excluding carboxylic acids is 1. The molecular formula is C18H19F2N9O. The van der Waals surface area contributed by atoms with Gasteiger partial charge in [-0.2, -0.15) is 10.2 Å². The maximum atomic E-state index is 14.1. The van der Waals surface area contributed by atoms with Crippen LogP contribution in [-0.4, -0.2) is 51.4 Å². The lowest BCUT2D eigenvalue weighted by Gasteiger charge is -2.36. The molecule has 0 spiro atoms. The first kappa shape index (κ1) is 19.8. The molecule has 1 saturated heterocycles. The van der Waals surface area contributed by atoms with Crippen LogP contribution in [0.1, 0.15) is 24.6 Å². The molecule has 1 atom stereocenters. The van der Waals surface area contributed by atoms with Gasteiger partial charge in [-0.05, 0) is 6.42 Å². The summed E-state index contributed by atoms with van der Waals surface area (Å²) in [6.45, 7) is 1.90. The minimum atomic E-state index is -2.80. The number of hydrazine groups is 1. The summed E-state index contributed by atoms with van der Waals surface area (Å²) in [7, 11) is 0. The molecule has 1 fully saturated rings. The fourth-order valence-electron chi connectivity index (χ4n) is 3.28. The molecule has 0 aliphatic carbocycles. The molecule has 156 valence electrons. The van der Waals surface area contributed by atoms with E-state index in [2.05, 4.69) is 30.7 Å². The van der Waals surface area contributed by atoms with E-state index in [1.54, 1.807) is 13.1 Å². The maximum absolute atomic E-state index is 14.1. The first-order valence-electron chi connectivity index (χ1n) is 9.37. The van der Waals surface area contributed by atoms with Gasteiger partial charge in [-0.25, -0.2) is 29.2 Å². The van der Waals surface area contributed by atoms with Crippen LogP contribution in [0.25, 0.3) is 0 Å². The minimum Gasteiger partial charge on any atom is -0.335 e. The summed E-state index contributed by atoms with van der Waals surface area (Å²) in [6.07, 6.45) is 4.49. The molecular weight excluding hydrogens is 396 g/mol. The van der Waals surface area contributed by atoms with Crippen molar-refractivity contribution in [3.05, 3.63) is 29.8 Å². The third-order valence-corrected chi connectivity index (χ3v) is 5.12. The summed E-state index contributed by atoms with van der Waals surface area (Å²) in [5.41, 5.74) is 3.94. The molecule has 0 aromatic carbocycles. The summed E-state index contributed by atoms with van der Waals surface area (Å²) in [5.74, 6) is -2.97. The number of nitriles is 1. The van der Waals surface area contributed by atoms with Gasteiger partial charge in [-0.15, -0.1) is 0 Å². The zero-order chi connectivity index (χ0) is 21.3. The minimum absolute atomic E-state index is 0.0850. The zero-order valence-corrected chi connectivity index (χ0v) is 16.1. The predicted molar refractivity (Wildman–Crippen MR) is 103 cm³/mol. The van der Waals surface area contributed by atoms with Gasteiger partial charge in [-0.3, -0.25) is 9.80 Å². The number of aromatic nitrogens is 4. The van der Waals surface area contributed by atoms with Crippen molar-refractivity contribution < 1.29 is 13.6 Å². The third-order valence-electron chi connectivity index (χ3n) is 5.12. The van der Waals surface area contributed by atoms with Crippen LogP contribution in [0.4, 0.5) is 26.4 Å². The maximum Gasteiger partial charge on any atom is 0.267 e. The Bertz CT molecular complexity index is 992. The summed E-state index contributed by atoms with van der Waals surface area (Å²) in [4.78, 5) is 30.3. The highest BCUT2D eigenvalue weighted by molar-refractivity contribution is 5.93. The van der Waals surface area contributed by atoms with E-state index in [4.69, 9.17) is 5.26 Å². The highest BCUT2D eigenvalue weighted by Crippen LogP contribution is 2.34. The van der Waals surface area contributed by atoms with E-state index in [0.29, 0.717) is 25.3 Å². The van der Waals surface area contributed by atoms with Gasteiger partial charge in [0, 0.05) is 30.8 Å². The lowest BCUT2D eigenvalue weighted by atomic mass is 9.95. The van der Waals surface area contributed by atoms with E-state index < -0.39 is 18.4 Å². The molecule has 2 aromatic heterocycles. The standard InChI is InChI=1S/C18H19F2N9O/c1-11-2-3-28(10-18(11,19)20)17-24-5-12-6-25-29(16(12)27-17)9-15(30)26-14-8-22-13(4-21)7-23-14/h5,7-8,11,25H,2-3,6,9-10H2,1H3,(H,23,26,30). The molecule has 4 rings (SSSR count). The van der Waals surface area contributed by atoms with Crippen LogP contribution in [-0.2, 0) is 11.3 Å². The molecule has 0 bridgehead atoms. The van der Waals surface area contributed by atoms with E-state index in [1.165, 1.54) is 22.3 Å². The van der Waals surface area contributed by atoms with Crippen LogP contribution in [0, 0.1) is 17.2 Å². The first-order valence-corrected chi connectivity index (χ1v) is 9.37. The van der Waals surface area contributed by atoms with E-state index in [-0.39, 0.29) is 29.9 Å². The molecule has 2 aliphatic rings. The molecule has 0 radical (unpaired) electrons. The quantitative estimate of drug-likeness (QED) is 0.755. The van der Waals surface area contributed by atoms with E-state index >= 15 is 0 Å². The number of hydrogen-bond donors (Lipinski definition) is 2. The Morgan fingerprint density at radius 3 is 2.90 bits per heavy atom. The first-order chi connectivity index (χ1) is 14.4. The number of rotatable bonds is 4. The smallest absolute Gasteiger partial charge is 0.267 e. The highest BCUT2D eigenvalue weighted by Gasteiger charge is 2.42. The number of carbonyl (C=O) groups is 1. The van der Waals surface area contributed by atoms with Crippen molar-refractivity contribution in [2.45, 2.75) is 25.8 Å². The van der Waals surface area contributed by atoms with Gasteiger partial charge in [0.1, 0.15) is 12.6 Å². The van der Waals surface area contributed by atoms with Gasteiger partial charge in [-0.1, -0.05) is 6.92 Å². The molecule has 10 nitrogen and oxygen atoms in total. The largest absolute Gasteiger partial charge is 0.335 e. The van der Waals surface area contributed by atoms with Crippen LogP contribution < -0.4 is 20.7 Å². The normalized spacial score (nSPS) is 19.9. The average Bonchev–Trinajstić information content (AvgIpc) is 3.12. The monoisotopic (exact) mass is 415 g/mol. The van der Waals surface area contributed by atoms with E-state index in [9.17, 15) is 13.6 Å². The van der Waals surface area contributed by atoms with Crippen LogP contribution in [0.5, 0.6) is 0 Å². The van der Waals surface area contributed by atoms with Gasteiger partial charge in [0.15, 0.2) is 17.3 Å². The van der Waals surface area contributed by atoms with Crippen molar-refractivity contribution in [2.75, 3.05) is 34.9 Å². The van der Waals surface area contributed by atoms with Crippen molar-refractivity contribution in [3.63, 3.8) is 0 Å². The summed E-state index contributed by atoms with van der Waals surface area (Å²) >= 11 is 0. The number of nitrogens with zero attached hydrogens (tertiary/aromatic N) is 7. The van der Waals surface area contributed by atoms with Crippen LogP contribution in [0.2, 0.25) is 0 Å². The van der Waals surface area contributed by atoms with Crippen molar-refractivity contribution in [3.8, 4) is 6.07 Å². The Balaban J connectivity index is 1.45. The number of hydrogen-bond acceptors (Lipinski definition) is 9. The van der Waals surface area contributed by atoms with Crippen LogP contribution >= 0.6 is 0 Å². The Labute approximate surface area is 170 Å². The second-order valence-electron chi connectivity index (χ2n) is 7.26. The molecule has 12 heteroatoms. The second kappa shape index (κ2) is 7.75. The number of amides is 1. The lowest BCUT2D eigenvalue weighted by Crippen LogP contribution is -2.48. The Hall–Kier alpha value is -3.46. The molecule has 4 heterocycles. The molecule has 2 N–H and O–H groups in total. The van der Waals surface area contributed by atoms with E-state index in [1.807, 2.05) is 6.07 Å². The van der Waals surface area contributed by atoms with Crippen molar-refractivity contribution in [2.24, 2.45) is 5.92 Å². The topological polar surface area (TPSA) is 123 Å². The van der Waals surface area contributed by atoms with Crippen LogP contribution in [0.15, 0.2) is 18.6 Å². The summed E-state index contributed by atoms with van der Waals surface area (Å²) in [5, 5.41) is 12.9. The van der Waals surface area contributed by atoms with Gasteiger partial charge in [0.25, 0.3) is 5.92 Å². The van der Waals surface area contributed by atoms with Gasteiger partial charge >= 0.3 is 0 Å². The molecule has 0 saturated carbocycles. The third kappa shape index (κ3) is 3.97. The summed E-state index contributed by atoms with van der Waals surface area (Å²) < 4.78 is 28.2. The van der Waals surface area contributed by atoms with Crippen LogP contribution in [0.3, 0.4) is 0 Å². The fraction of sp³-hybridized carbons (Fsp3) is 0.444. The molecule has 2 aromatic rings. The summed E-state index contributed by atoms with van der Waals surface area (Å²) in [6, 6.07) is 1.85. The number of anilines is 3. The predicted octanol–water partition coefficient (Wildman–Crippen LogP) is 1.08. The zero-order valence-electron chi connectivity index (χ0n) is 16.1. The molecule has 1 amide bonds. The Kier molecular flexibility index (Phi) is 5.13. The fourth-order valence-corrected chi connectivity index (χ4v) is 3.28. The molecule has 1 unspecified atom stereocenters. The SMILES string of the molecule is CC1CCN(c2ncc3c(n2)N(CC(=O)Nc2cnc(C#N)cn2)NC3)CC1(F)F. The number of piperidine rings is 1. The lowest BCUT2D eigenvalue weighted by molar-refractivity contribution is -0.115. The number of halogens is 2. The van der Waals surface area contributed by atoms with E-state index in [0.717, 1.165) is 5.56 Å². The number of fused-ring (bicyclic) bond motifs is 1. The van der Waals surface area contributed by atoms with Gasteiger partial charge in [0.05, 0.1) is 18.9 Å². The average molecular weight is 415 g/mol. The Morgan fingerprint density at radius 2 is 2.20 bits per heavy atom. The number of alkyl halides is 2. The molecule has 30 heavy (non-hydrogen) atoms. The van der Waals surface area contributed by atoms with Gasteiger partial charge in [0.2, 0.25) is 11.9 Å². The van der Waals surface area contributed by atoms with Crippen molar-refractivity contribution in [1.82, 2.24) is 25.4 Å². The number of nitrogens with one attached hydrogen (secondary N) is 2. The highest BCUT2D eigenvalue weighted by atomic mass is 19.3. The van der Waals surface area contributed by atoms with Crippen molar-refractivity contribution in [1.29, 1.82) is 5.26 Å². The van der Waals surface area contributed by atoms with Crippen molar-refractivity contribution >= 4 is 23.5 Å². The molecule has 2 aliphatic heterocycles. The second-order valence-corrected chi connectivity index (χ2v) is 7.26.